The molecule has 1 aromatic heterocycles. The zero-order valence-electron chi connectivity index (χ0n) is 18.0. The van der Waals surface area contributed by atoms with Gasteiger partial charge in [0.05, 0.1) is 5.56 Å². The Kier molecular flexibility index (Phi) is 7.30. The van der Waals surface area contributed by atoms with Crippen LogP contribution in [0.3, 0.4) is 0 Å². The van der Waals surface area contributed by atoms with Crippen LogP contribution in [0, 0.1) is 11.8 Å². The third-order valence-electron chi connectivity index (χ3n) is 5.92. The molecule has 0 spiro atoms. The third kappa shape index (κ3) is 5.67. The van der Waals surface area contributed by atoms with Gasteiger partial charge in [-0.1, -0.05) is 13.8 Å². The molecule has 0 saturated carbocycles. The SMILES string of the molecule is CC(C)CN1CCC(CNC(=O)c2ccc(N3CCN(C(C)C)CC3)nc2)C1. The van der Waals surface area contributed by atoms with Gasteiger partial charge in [-0.15, -0.1) is 0 Å². The van der Waals surface area contributed by atoms with E-state index in [1.165, 1.54) is 6.42 Å². The van der Waals surface area contributed by atoms with Crippen LogP contribution in [0.15, 0.2) is 18.3 Å². The van der Waals surface area contributed by atoms with Crippen molar-refractivity contribution >= 4 is 11.7 Å². The average molecular weight is 388 g/mol. The van der Waals surface area contributed by atoms with E-state index in [1.54, 1.807) is 6.20 Å². The summed E-state index contributed by atoms with van der Waals surface area (Å²) in [4.78, 5) is 24.3. The smallest absolute Gasteiger partial charge is 0.252 e. The first-order chi connectivity index (χ1) is 13.4. The van der Waals surface area contributed by atoms with E-state index in [2.05, 4.69) is 52.7 Å². The van der Waals surface area contributed by atoms with Gasteiger partial charge in [-0.3, -0.25) is 9.69 Å². The van der Waals surface area contributed by atoms with Gasteiger partial charge in [0, 0.05) is 58.1 Å². The fraction of sp³-hybridized carbons (Fsp3) is 0.727. The highest BCUT2D eigenvalue weighted by Crippen LogP contribution is 2.18. The van der Waals surface area contributed by atoms with Crippen LogP contribution in [0.5, 0.6) is 0 Å². The molecule has 156 valence electrons. The van der Waals surface area contributed by atoms with E-state index >= 15 is 0 Å². The highest BCUT2D eigenvalue weighted by molar-refractivity contribution is 5.94. The Bertz CT molecular complexity index is 622. The first-order valence-corrected chi connectivity index (χ1v) is 10.9. The topological polar surface area (TPSA) is 51.7 Å². The van der Waals surface area contributed by atoms with Gasteiger partial charge in [0.15, 0.2) is 0 Å². The number of pyridine rings is 1. The Balaban J connectivity index is 1.44. The number of hydrogen-bond acceptors (Lipinski definition) is 5. The third-order valence-corrected chi connectivity index (χ3v) is 5.92. The predicted octanol–water partition coefficient (Wildman–Crippen LogP) is 2.32. The molecule has 1 aromatic rings. The molecule has 1 atom stereocenters. The van der Waals surface area contributed by atoms with Crippen molar-refractivity contribution < 1.29 is 4.79 Å². The second-order valence-corrected chi connectivity index (χ2v) is 9.04. The lowest BCUT2D eigenvalue weighted by Crippen LogP contribution is -2.49. The first kappa shape index (κ1) is 21.1. The summed E-state index contributed by atoms with van der Waals surface area (Å²) >= 11 is 0. The van der Waals surface area contributed by atoms with Crippen LogP contribution >= 0.6 is 0 Å². The van der Waals surface area contributed by atoms with Crippen LogP contribution in [0.2, 0.25) is 0 Å². The van der Waals surface area contributed by atoms with Crippen molar-refractivity contribution in [2.75, 3.05) is 57.3 Å². The van der Waals surface area contributed by atoms with E-state index in [1.807, 2.05) is 12.1 Å². The Morgan fingerprint density at radius 3 is 2.50 bits per heavy atom. The predicted molar refractivity (Wildman–Crippen MR) is 115 cm³/mol. The number of nitrogens with zero attached hydrogens (tertiary/aromatic N) is 4. The van der Waals surface area contributed by atoms with Gasteiger partial charge < -0.3 is 15.1 Å². The molecule has 3 rings (SSSR count). The van der Waals surface area contributed by atoms with E-state index in [-0.39, 0.29) is 5.91 Å². The summed E-state index contributed by atoms with van der Waals surface area (Å²) in [5.41, 5.74) is 0.654. The van der Waals surface area contributed by atoms with Gasteiger partial charge in [0.1, 0.15) is 5.82 Å². The summed E-state index contributed by atoms with van der Waals surface area (Å²) in [5, 5.41) is 3.11. The summed E-state index contributed by atoms with van der Waals surface area (Å²) in [5.74, 6) is 2.23. The number of nitrogens with one attached hydrogen (secondary N) is 1. The summed E-state index contributed by atoms with van der Waals surface area (Å²) in [6, 6.07) is 4.49. The van der Waals surface area contributed by atoms with E-state index in [0.717, 1.165) is 58.2 Å². The van der Waals surface area contributed by atoms with E-state index < -0.39 is 0 Å². The molecule has 6 heteroatoms. The Labute approximate surface area is 170 Å². The lowest BCUT2D eigenvalue weighted by molar-refractivity contribution is 0.0947. The normalized spacial score (nSPS) is 21.6. The minimum Gasteiger partial charge on any atom is -0.354 e. The molecule has 0 aliphatic carbocycles. The minimum absolute atomic E-state index is 0.00835. The zero-order valence-corrected chi connectivity index (χ0v) is 18.0. The van der Waals surface area contributed by atoms with Crippen molar-refractivity contribution in [3.63, 3.8) is 0 Å². The average Bonchev–Trinajstić information content (AvgIpc) is 3.13. The molecule has 2 fully saturated rings. The van der Waals surface area contributed by atoms with Gasteiger partial charge in [0.25, 0.3) is 5.91 Å². The molecule has 0 bridgehead atoms. The standard InChI is InChI=1S/C22H37N5O/c1-17(2)15-25-8-7-19(16-25)13-24-22(28)20-5-6-21(23-14-20)27-11-9-26(10-12-27)18(3)4/h5-6,14,17-19H,7-13,15-16H2,1-4H3,(H,24,28). The van der Waals surface area contributed by atoms with Crippen molar-refractivity contribution in [1.29, 1.82) is 0 Å². The lowest BCUT2D eigenvalue weighted by Gasteiger charge is -2.37. The van der Waals surface area contributed by atoms with Crippen molar-refractivity contribution in [2.24, 2.45) is 11.8 Å². The highest BCUT2D eigenvalue weighted by atomic mass is 16.1. The second kappa shape index (κ2) is 9.70. The number of carbonyl (C=O) groups excluding carboxylic acids is 1. The summed E-state index contributed by atoms with van der Waals surface area (Å²) in [6.07, 6.45) is 2.89. The molecule has 28 heavy (non-hydrogen) atoms. The maximum absolute atomic E-state index is 12.5. The largest absolute Gasteiger partial charge is 0.354 e. The highest BCUT2D eigenvalue weighted by Gasteiger charge is 2.23. The van der Waals surface area contributed by atoms with Crippen molar-refractivity contribution in [2.45, 2.75) is 40.2 Å². The molecule has 1 unspecified atom stereocenters. The van der Waals surface area contributed by atoms with Crippen LogP contribution < -0.4 is 10.2 Å². The molecular formula is C22H37N5O. The molecule has 1 N–H and O–H groups in total. The van der Waals surface area contributed by atoms with Crippen LogP contribution in [0.4, 0.5) is 5.82 Å². The molecule has 2 aliphatic heterocycles. The van der Waals surface area contributed by atoms with Crippen LogP contribution in [-0.4, -0.2) is 79.1 Å². The van der Waals surface area contributed by atoms with Gasteiger partial charge in [0.2, 0.25) is 0 Å². The fourth-order valence-electron chi connectivity index (χ4n) is 4.28. The second-order valence-electron chi connectivity index (χ2n) is 9.04. The number of amides is 1. The number of rotatable bonds is 7. The number of carbonyl (C=O) groups is 1. The van der Waals surface area contributed by atoms with Gasteiger partial charge in [-0.2, -0.15) is 0 Å². The number of hydrogen-bond donors (Lipinski definition) is 1. The van der Waals surface area contributed by atoms with Gasteiger partial charge in [-0.05, 0) is 50.8 Å². The summed E-state index contributed by atoms with van der Waals surface area (Å²) in [7, 11) is 0. The van der Waals surface area contributed by atoms with Crippen LogP contribution in [-0.2, 0) is 0 Å². The Hall–Kier alpha value is -1.66. The van der Waals surface area contributed by atoms with Crippen molar-refractivity contribution in [3.8, 4) is 0 Å². The molecule has 2 saturated heterocycles. The fourth-order valence-corrected chi connectivity index (χ4v) is 4.28. The summed E-state index contributed by atoms with van der Waals surface area (Å²) < 4.78 is 0. The number of aromatic nitrogens is 1. The van der Waals surface area contributed by atoms with Crippen molar-refractivity contribution in [1.82, 2.24) is 20.1 Å². The minimum atomic E-state index is -0.00835. The maximum atomic E-state index is 12.5. The monoisotopic (exact) mass is 387 g/mol. The first-order valence-electron chi connectivity index (χ1n) is 10.9. The Morgan fingerprint density at radius 1 is 1.14 bits per heavy atom. The Morgan fingerprint density at radius 2 is 1.89 bits per heavy atom. The molecule has 0 aromatic carbocycles. The molecular weight excluding hydrogens is 350 g/mol. The lowest BCUT2D eigenvalue weighted by atomic mass is 10.1. The quantitative estimate of drug-likeness (QED) is 0.778. The molecule has 1 amide bonds. The van der Waals surface area contributed by atoms with Gasteiger partial charge in [-0.25, -0.2) is 4.98 Å². The maximum Gasteiger partial charge on any atom is 0.252 e. The van der Waals surface area contributed by atoms with Gasteiger partial charge >= 0.3 is 0 Å². The number of anilines is 1. The number of likely N-dealkylation sites (tertiary alicyclic amines) is 1. The van der Waals surface area contributed by atoms with Crippen LogP contribution in [0.25, 0.3) is 0 Å². The molecule has 3 heterocycles. The zero-order chi connectivity index (χ0) is 20.1. The number of piperazine rings is 1. The van der Waals surface area contributed by atoms with E-state index in [9.17, 15) is 4.79 Å². The van der Waals surface area contributed by atoms with Crippen molar-refractivity contribution in [3.05, 3.63) is 23.9 Å². The molecule has 2 aliphatic rings. The van der Waals surface area contributed by atoms with Crippen LogP contribution in [0.1, 0.15) is 44.5 Å². The van der Waals surface area contributed by atoms with E-state index in [4.69, 9.17) is 0 Å². The molecule has 6 nitrogen and oxygen atoms in total. The summed E-state index contributed by atoms with van der Waals surface area (Å²) in [6.45, 7) is 17.3. The molecule has 0 radical (unpaired) electrons. The van der Waals surface area contributed by atoms with E-state index in [0.29, 0.717) is 23.4 Å².